The normalized spacial score (nSPS) is 12.3. The maximum atomic E-state index is 11.3. The Hall–Kier alpha value is -2.81. The fourth-order valence-corrected chi connectivity index (χ4v) is 1.55. The van der Waals surface area contributed by atoms with Gasteiger partial charge in [-0.15, -0.1) is 0 Å². The molecular weight excluding hydrogens is 250 g/mol. The zero-order valence-electron chi connectivity index (χ0n) is 10.0. The van der Waals surface area contributed by atoms with Crippen LogP contribution in [0.4, 0.5) is 0 Å². The minimum Gasteiger partial charge on any atom is -0.484 e. The number of ether oxygens (including phenoxy) is 3. The number of carbonyl (C=O) groups is 2. The second-order valence-corrected chi connectivity index (χ2v) is 3.63. The largest absolute Gasteiger partial charge is 0.484 e. The van der Waals surface area contributed by atoms with E-state index in [0.717, 1.165) is 7.11 Å². The number of methoxy groups -OCH3 is 1. The summed E-state index contributed by atoms with van der Waals surface area (Å²) in [7, 11) is 1.09. The summed E-state index contributed by atoms with van der Waals surface area (Å²) in [5.41, 5.74) is 1.07. The molecule has 0 unspecified atom stereocenters. The molecule has 0 aliphatic carbocycles. The number of para-hydroxylation sites is 1. The van der Waals surface area contributed by atoms with Crippen molar-refractivity contribution in [2.24, 2.45) is 0 Å². The van der Waals surface area contributed by atoms with Gasteiger partial charge in [-0.2, -0.15) is 5.26 Å². The summed E-state index contributed by atoms with van der Waals surface area (Å²) in [5, 5.41) is 8.79. The zero-order valence-corrected chi connectivity index (χ0v) is 10.0. The molecule has 1 heterocycles. The van der Waals surface area contributed by atoms with E-state index in [-0.39, 0.29) is 12.4 Å². The van der Waals surface area contributed by atoms with Gasteiger partial charge in [-0.3, -0.25) is 0 Å². The third kappa shape index (κ3) is 2.55. The molecule has 0 amide bonds. The number of carbonyl (C=O) groups excluding carboxylic acids is 2. The SMILES string of the molecule is COC(=O)C(=O)Oc1cccc2c1OCC(C#N)=C2. The van der Waals surface area contributed by atoms with Crippen LogP contribution in [0, 0.1) is 11.3 Å². The first-order chi connectivity index (χ1) is 9.15. The van der Waals surface area contributed by atoms with Crippen LogP contribution in [0.25, 0.3) is 6.08 Å². The number of esters is 2. The molecule has 19 heavy (non-hydrogen) atoms. The molecule has 0 atom stereocenters. The van der Waals surface area contributed by atoms with Crippen LogP contribution in [0.5, 0.6) is 11.5 Å². The van der Waals surface area contributed by atoms with E-state index in [9.17, 15) is 9.59 Å². The Labute approximate surface area is 108 Å². The molecule has 1 aromatic rings. The van der Waals surface area contributed by atoms with Crippen molar-refractivity contribution in [2.75, 3.05) is 13.7 Å². The van der Waals surface area contributed by atoms with Crippen LogP contribution < -0.4 is 9.47 Å². The van der Waals surface area contributed by atoms with Gasteiger partial charge in [0.05, 0.1) is 18.8 Å². The van der Waals surface area contributed by atoms with Crippen LogP contribution >= 0.6 is 0 Å². The first-order valence-corrected chi connectivity index (χ1v) is 5.32. The van der Waals surface area contributed by atoms with E-state index in [1.807, 2.05) is 6.07 Å². The number of nitrogens with zero attached hydrogens (tertiary/aromatic N) is 1. The Bertz CT molecular complexity index is 612. The van der Waals surface area contributed by atoms with Crippen molar-refractivity contribution in [2.45, 2.75) is 0 Å². The minimum absolute atomic E-state index is 0.0935. The number of nitriles is 1. The van der Waals surface area contributed by atoms with E-state index in [2.05, 4.69) is 4.74 Å². The van der Waals surface area contributed by atoms with Crippen molar-refractivity contribution in [1.82, 2.24) is 0 Å². The van der Waals surface area contributed by atoms with Crippen LogP contribution in [0.15, 0.2) is 23.8 Å². The summed E-state index contributed by atoms with van der Waals surface area (Å²) in [6.45, 7) is 0.0935. The number of hydrogen-bond acceptors (Lipinski definition) is 6. The van der Waals surface area contributed by atoms with Gasteiger partial charge in [-0.05, 0) is 12.1 Å². The monoisotopic (exact) mass is 259 g/mol. The minimum atomic E-state index is -1.13. The molecule has 0 aromatic heterocycles. The molecule has 0 bridgehead atoms. The molecule has 1 aliphatic heterocycles. The van der Waals surface area contributed by atoms with Crippen LogP contribution in [0.3, 0.4) is 0 Å². The molecule has 0 saturated heterocycles. The lowest BCUT2D eigenvalue weighted by Crippen LogP contribution is -2.22. The van der Waals surface area contributed by atoms with Crippen molar-refractivity contribution in [3.63, 3.8) is 0 Å². The van der Waals surface area contributed by atoms with E-state index in [1.54, 1.807) is 18.2 Å². The van der Waals surface area contributed by atoms with Gasteiger partial charge in [0.1, 0.15) is 6.61 Å². The van der Waals surface area contributed by atoms with E-state index >= 15 is 0 Å². The quantitative estimate of drug-likeness (QED) is 0.426. The second kappa shape index (κ2) is 5.23. The number of fused-ring (bicyclic) bond motifs is 1. The summed E-state index contributed by atoms with van der Waals surface area (Å²) in [6.07, 6.45) is 1.63. The van der Waals surface area contributed by atoms with Gasteiger partial charge < -0.3 is 14.2 Å². The highest BCUT2D eigenvalue weighted by atomic mass is 16.6. The van der Waals surface area contributed by atoms with E-state index < -0.39 is 11.9 Å². The highest BCUT2D eigenvalue weighted by Gasteiger charge is 2.22. The van der Waals surface area contributed by atoms with Crippen LogP contribution in [0.1, 0.15) is 5.56 Å². The molecule has 0 spiro atoms. The summed E-state index contributed by atoms with van der Waals surface area (Å²) in [4.78, 5) is 22.3. The lowest BCUT2D eigenvalue weighted by atomic mass is 10.1. The summed E-state index contributed by atoms with van der Waals surface area (Å²) in [5.74, 6) is -1.80. The molecule has 1 aliphatic rings. The lowest BCUT2D eigenvalue weighted by molar-refractivity contribution is -0.160. The zero-order chi connectivity index (χ0) is 13.8. The fourth-order valence-electron chi connectivity index (χ4n) is 1.55. The van der Waals surface area contributed by atoms with Crippen molar-refractivity contribution in [3.8, 4) is 17.6 Å². The number of benzene rings is 1. The Balaban J connectivity index is 2.30. The Kier molecular flexibility index (Phi) is 3.48. The third-order valence-electron chi connectivity index (χ3n) is 2.41. The summed E-state index contributed by atoms with van der Waals surface area (Å²) in [6, 6.07) is 6.81. The van der Waals surface area contributed by atoms with Gasteiger partial charge >= 0.3 is 11.9 Å². The van der Waals surface area contributed by atoms with Crippen LogP contribution in [-0.2, 0) is 14.3 Å². The Morgan fingerprint density at radius 3 is 2.84 bits per heavy atom. The molecule has 6 heteroatoms. The van der Waals surface area contributed by atoms with Crippen molar-refractivity contribution in [1.29, 1.82) is 5.26 Å². The molecule has 6 nitrogen and oxygen atoms in total. The highest BCUT2D eigenvalue weighted by molar-refractivity contribution is 6.30. The third-order valence-corrected chi connectivity index (χ3v) is 2.41. The predicted octanol–water partition coefficient (Wildman–Crippen LogP) is 1.06. The number of hydrogen-bond donors (Lipinski definition) is 0. The van der Waals surface area contributed by atoms with Gasteiger partial charge in [0.15, 0.2) is 11.5 Å². The molecule has 0 N–H and O–H groups in total. The fraction of sp³-hybridized carbons (Fsp3) is 0.154. The lowest BCUT2D eigenvalue weighted by Gasteiger charge is -2.17. The first kappa shape index (κ1) is 12.6. The molecule has 0 fully saturated rings. The van der Waals surface area contributed by atoms with Gasteiger partial charge in [0, 0.05) is 5.56 Å². The highest BCUT2D eigenvalue weighted by Crippen LogP contribution is 2.35. The molecule has 0 radical (unpaired) electrons. The van der Waals surface area contributed by atoms with Crippen molar-refractivity contribution in [3.05, 3.63) is 29.3 Å². The molecule has 96 valence electrons. The van der Waals surface area contributed by atoms with Crippen molar-refractivity contribution >= 4 is 18.0 Å². The van der Waals surface area contributed by atoms with E-state index in [4.69, 9.17) is 14.7 Å². The molecular formula is C13H9NO5. The topological polar surface area (TPSA) is 85.6 Å². The maximum absolute atomic E-state index is 11.3. The van der Waals surface area contributed by atoms with Crippen molar-refractivity contribution < 1.29 is 23.8 Å². The smallest absolute Gasteiger partial charge is 0.422 e. The Morgan fingerprint density at radius 2 is 2.16 bits per heavy atom. The van der Waals surface area contributed by atoms with Gasteiger partial charge in [0.2, 0.25) is 0 Å². The predicted molar refractivity (Wildman–Crippen MR) is 63.2 cm³/mol. The van der Waals surface area contributed by atoms with Gasteiger partial charge in [0.25, 0.3) is 0 Å². The standard InChI is InChI=1S/C13H9NO5/c1-17-12(15)13(16)19-10-4-2-3-9-5-8(6-14)7-18-11(9)10/h2-5H,7H2,1H3. The molecule has 2 rings (SSSR count). The summed E-state index contributed by atoms with van der Waals surface area (Å²) < 4.78 is 14.5. The average molecular weight is 259 g/mol. The van der Waals surface area contributed by atoms with Crippen LogP contribution in [-0.4, -0.2) is 25.7 Å². The maximum Gasteiger partial charge on any atom is 0.422 e. The summed E-state index contributed by atoms with van der Waals surface area (Å²) >= 11 is 0. The molecule has 1 aromatic carbocycles. The average Bonchev–Trinajstić information content (AvgIpc) is 2.45. The number of rotatable bonds is 1. The van der Waals surface area contributed by atoms with E-state index in [1.165, 1.54) is 6.07 Å². The first-order valence-electron chi connectivity index (χ1n) is 5.32. The second-order valence-electron chi connectivity index (χ2n) is 3.63. The Morgan fingerprint density at radius 1 is 1.37 bits per heavy atom. The van der Waals surface area contributed by atoms with Gasteiger partial charge in [-0.1, -0.05) is 12.1 Å². The van der Waals surface area contributed by atoms with Crippen LogP contribution in [0.2, 0.25) is 0 Å². The van der Waals surface area contributed by atoms with E-state index in [0.29, 0.717) is 16.9 Å². The van der Waals surface area contributed by atoms with Gasteiger partial charge in [-0.25, -0.2) is 9.59 Å². The molecule has 0 saturated carbocycles.